The standard InChI is InChI=1S/C33H48N4O3/c1-3-5-7-8-9-10-11-13-27-40-33(39)28-15-17-29(18-16-28)34-35-30-19-21-31(22-20-30)36-23-25-37(26-24-36)32(38)14-12-6-4-2/h15-22H,3-14,23-27H2,1-2H3. The summed E-state index contributed by atoms with van der Waals surface area (Å²) in [4.78, 5) is 29.0. The molecule has 1 saturated heterocycles. The van der Waals surface area contributed by atoms with Crippen LogP contribution in [-0.4, -0.2) is 49.6 Å². The Hall–Kier alpha value is -3.22. The number of anilines is 1. The van der Waals surface area contributed by atoms with Gasteiger partial charge in [0.25, 0.3) is 0 Å². The van der Waals surface area contributed by atoms with E-state index in [4.69, 9.17) is 4.74 Å². The second kappa shape index (κ2) is 18.2. The molecule has 0 saturated carbocycles. The molecule has 0 spiro atoms. The Labute approximate surface area is 241 Å². The number of rotatable bonds is 17. The molecule has 3 rings (SSSR count). The summed E-state index contributed by atoms with van der Waals surface area (Å²) >= 11 is 0. The Morgan fingerprint density at radius 2 is 1.20 bits per heavy atom. The zero-order valence-electron chi connectivity index (χ0n) is 24.7. The van der Waals surface area contributed by atoms with Crippen LogP contribution in [0.4, 0.5) is 17.1 Å². The molecule has 218 valence electrons. The molecule has 0 unspecified atom stereocenters. The number of carbonyl (C=O) groups is 2. The van der Waals surface area contributed by atoms with Gasteiger partial charge < -0.3 is 14.5 Å². The Morgan fingerprint density at radius 1 is 0.675 bits per heavy atom. The van der Waals surface area contributed by atoms with E-state index in [0.717, 1.165) is 69.7 Å². The molecule has 1 heterocycles. The molecule has 0 aromatic heterocycles. The van der Waals surface area contributed by atoms with Crippen molar-refractivity contribution in [1.29, 1.82) is 0 Å². The number of azo groups is 1. The molecular weight excluding hydrogens is 500 g/mol. The summed E-state index contributed by atoms with van der Waals surface area (Å²) < 4.78 is 5.42. The van der Waals surface area contributed by atoms with E-state index in [1.807, 2.05) is 17.0 Å². The van der Waals surface area contributed by atoms with Crippen molar-refractivity contribution >= 4 is 28.9 Å². The van der Waals surface area contributed by atoms with Gasteiger partial charge in [-0.25, -0.2) is 4.79 Å². The topological polar surface area (TPSA) is 74.6 Å². The van der Waals surface area contributed by atoms with Crippen molar-refractivity contribution in [2.24, 2.45) is 10.2 Å². The van der Waals surface area contributed by atoms with Gasteiger partial charge in [0.15, 0.2) is 0 Å². The minimum absolute atomic E-state index is 0.285. The van der Waals surface area contributed by atoms with Crippen LogP contribution in [0.1, 0.15) is 101 Å². The first-order chi connectivity index (χ1) is 19.6. The SMILES string of the molecule is CCCCCCCCCCOC(=O)c1ccc(N=Nc2ccc(N3CCN(C(=O)CCCCC)CC3)cc2)cc1. The molecule has 0 radical (unpaired) electrons. The predicted octanol–water partition coefficient (Wildman–Crippen LogP) is 8.63. The van der Waals surface area contributed by atoms with E-state index in [2.05, 4.69) is 41.1 Å². The lowest BCUT2D eigenvalue weighted by Crippen LogP contribution is -2.48. The van der Waals surface area contributed by atoms with E-state index in [9.17, 15) is 9.59 Å². The van der Waals surface area contributed by atoms with Crippen LogP contribution >= 0.6 is 0 Å². The maximum absolute atomic E-state index is 12.4. The summed E-state index contributed by atoms with van der Waals surface area (Å²) in [5.74, 6) is -0.00342. The fraction of sp³-hybridized carbons (Fsp3) is 0.576. The Bertz CT molecular complexity index is 1030. The molecule has 1 fully saturated rings. The van der Waals surface area contributed by atoms with E-state index in [0.29, 0.717) is 24.3 Å². The van der Waals surface area contributed by atoms with Crippen molar-refractivity contribution < 1.29 is 14.3 Å². The number of amides is 1. The maximum Gasteiger partial charge on any atom is 0.338 e. The third-order valence-corrected chi connectivity index (χ3v) is 7.46. The van der Waals surface area contributed by atoms with E-state index in [1.54, 1.807) is 24.3 Å². The lowest BCUT2D eigenvalue weighted by atomic mass is 10.1. The number of unbranched alkanes of at least 4 members (excludes halogenated alkanes) is 9. The minimum atomic E-state index is -0.288. The molecule has 0 N–H and O–H groups in total. The van der Waals surface area contributed by atoms with Crippen molar-refractivity contribution in [3.63, 3.8) is 0 Å². The van der Waals surface area contributed by atoms with Crippen LogP contribution in [0.25, 0.3) is 0 Å². The predicted molar refractivity (Wildman–Crippen MR) is 163 cm³/mol. The Kier molecular flexibility index (Phi) is 14.2. The molecular formula is C33H48N4O3. The van der Waals surface area contributed by atoms with Gasteiger partial charge in [-0.3, -0.25) is 4.79 Å². The summed E-state index contributed by atoms with van der Waals surface area (Å²) in [6, 6.07) is 15.1. The van der Waals surface area contributed by atoms with Gasteiger partial charge in [-0.15, -0.1) is 0 Å². The molecule has 2 aromatic rings. The molecule has 0 atom stereocenters. The Morgan fingerprint density at radius 3 is 1.80 bits per heavy atom. The summed E-state index contributed by atoms with van der Waals surface area (Å²) in [5.41, 5.74) is 3.11. The molecule has 7 heteroatoms. The first-order valence-corrected chi connectivity index (χ1v) is 15.4. The van der Waals surface area contributed by atoms with Gasteiger partial charge in [-0.05, 0) is 61.4 Å². The average molecular weight is 549 g/mol. The van der Waals surface area contributed by atoms with Crippen molar-refractivity contribution in [2.45, 2.75) is 90.9 Å². The van der Waals surface area contributed by atoms with E-state index in [-0.39, 0.29) is 11.9 Å². The van der Waals surface area contributed by atoms with Crippen LogP contribution in [-0.2, 0) is 9.53 Å². The molecule has 0 bridgehead atoms. The zero-order chi connectivity index (χ0) is 28.4. The van der Waals surface area contributed by atoms with Gasteiger partial charge in [0, 0.05) is 38.3 Å². The van der Waals surface area contributed by atoms with Gasteiger partial charge in [0.2, 0.25) is 5.91 Å². The average Bonchev–Trinajstić information content (AvgIpc) is 3.00. The van der Waals surface area contributed by atoms with Gasteiger partial charge in [0.05, 0.1) is 23.5 Å². The van der Waals surface area contributed by atoms with Crippen LogP contribution in [0.15, 0.2) is 58.8 Å². The summed E-state index contributed by atoms with van der Waals surface area (Å²) in [5, 5.41) is 8.66. The summed E-state index contributed by atoms with van der Waals surface area (Å²) in [7, 11) is 0. The monoisotopic (exact) mass is 548 g/mol. The highest BCUT2D eigenvalue weighted by atomic mass is 16.5. The van der Waals surface area contributed by atoms with Crippen LogP contribution in [0.3, 0.4) is 0 Å². The van der Waals surface area contributed by atoms with Crippen LogP contribution in [0.5, 0.6) is 0 Å². The number of benzene rings is 2. The minimum Gasteiger partial charge on any atom is -0.462 e. The van der Waals surface area contributed by atoms with Crippen LogP contribution in [0.2, 0.25) is 0 Å². The maximum atomic E-state index is 12.4. The number of ether oxygens (including phenoxy) is 1. The van der Waals surface area contributed by atoms with Crippen molar-refractivity contribution in [3.05, 3.63) is 54.1 Å². The molecule has 40 heavy (non-hydrogen) atoms. The van der Waals surface area contributed by atoms with Crippen molar-refractivity contribution in [3.8, 4) is 0 Å². The number of carbonyl (C=O) groups excluding carboxylic acids is 2. The number of hydrogen-bond acceptors (Lipinski definition) is 6. The highest BCUT2D eigenvalue weighted by Gasteiger charge is 2.20. The molecule has 2 aromatic carbocycles. The van der Waals surface area contributed by atoms with Crippen LogP contribution in [0, 0.1) is 0 Å². The number of esters is 1. The second-order valence-corrected chi connectivity index (χ2v) is 10.7. The molecule has 1 aliphatic rings. The fourth-order valence-corrected chi connectivity index (χ4v) is 4.89. The van der Waals surface area contributed by atoms with Gasteiger partial charge in [0.1, 0.15) is 0 Å². The highest BCUT2D eigenvalue weighted by molar-refractivity contribution is 5.89. The lowest BCUT2D eigenvalue weighted by Gasteiger charge is -2.36. The van der Waals surface area contributed by atoms with E-state index >= 15 is 0 Å². The van der Waals surface area contributed by atoms with Crippen molar-refractivity contribution in [2.75, 3.05) is 37.7 Å². The molecule has 1 amide bonds. The number of hydrogen-bond donors (Lipinski definition) is 0. The van der Waals surface area contributed by atoms with Crippen molar-refractivity contribution in [1.82, 2.24) is 4.90 Å². The fourth-order valence-electron chi connectivity index (χ4n) is 4.89. The Balaban J connectivity index is 1.36. The van der Waals surface area contributed by atoms with Gasteiger partial charge in [-0.1, -0.05) is 71.6 Å². The number of piperazine rings is 1. The first kappa shape index (κ1) is 31.3. The van der Waals surface area contributed by atoms with Gasteiger partial charge >= 0.3 is 5.97 Å². The molecule has 0 aliphatic carbocycles. The summed E-state index contributed by atoms with van der Waals surface area (Å²) in [6.07, 6.45) is 13.7. The lowest BCUT2D eigenvalue weighted by molar-refractivity contribution is -0.131. The third-order valence-electron chi connectivity index (χ3n) is 7.46. The smallest absolute Gasteiger partial charge is 0.338 e. The second-order valence-electron chi connectivity index (χ2n) is 10.7. The quantitative estimate of drug-likeness (QED) is 0.113. The van der Waals surface area contributed by atoms with E-state index in [1.165, 1.54) is 38.5 Å². The van der Waals surface area contributed by atoms with E-state index < -0.39 is 0 Å². The largest absolute Gasteiger partial charge is 0.462 e. The zero-order valence-corrected chi connectivity index (χ0v) is 24.7. The summed E-state index contributed by atoms with van der Waals surface area (Å²) in [6.45, 7) is 8.09. The molecule has 1 aliphatic heterocycles. The first-order valence-electron chi connectivity index (χ1n) is 15.4. The third kappa shape index (κ3) is 11.1. The number of nitrogens with zero attached hydrogens (tertiary/aromatic N) is 4. The normalized spacial score (nSPS) is 13.7. The van der Waals surface area contributed by atoms with Crippen LogP contribution < -0.4 is 4.90 Å². The highest BCUT2D eigenvalue weighted by Crippen LogP contribution is 2.24. The van der Waals surface area contributed by atoms with Gasteiger partial charge in [-0.2, -0.15) is 10.2 Å². The molecule has 7 nitrogen and oxygen atoms in total.